The van der Waals surface area contributed by atoms with E-state index in [4.69, 9.17) is 52.8 Å². The quantitative estimate of drug-likeness (QED) is 0.0170. The summed E-state index contributed by atoms with van der Waals surface area (Å²) in [7, 11) is 0. The predicted octanol–water partition coefficient (Wildman–Crippen LogP) is 14.5. The van der Waals surface area contributed by atoms with Gasteiger partial charge in [-0.15, -0.1) is 13.7 Å². The van der Waals surface area contributed by atoms with Crippen LogP contribution < -0.4 is 52.6 Å². The van der Waals surface area contributed by atoms with Crippen molar-refractivity contribution < 1.29 is 43.0 Å². The highest BCUT2D eigenvalue weighted by atomic mass is 127. The zero-order valence-electron chi connectivity index (χ0n) is 55.8. The van der Waals surface area contributed by atoms with Crippen LogP contribution in [0.2, 0.25) is 0 Å². The van der Waals surface area contributed by atoms with Crippen LogP contribution in [-0.4, -0.2) is 77.3 Å². The summed E-state index contributed by atoms with van der Waals surface area (Å²) in [4.78, 5) is 47.4. The van der Waals surface area contributed by atoms with Crippen molar-refractivity contribution >= 4 is 164 Å². The lowest BCUT2D eigenvalue weighted by Gasteiger charge is -2.20. The number of alkyl halides is 2. The van der Waals surface area contributed by atoms with Crippen LogP contribution in [0.25, 0.3) is 83.3 Å². The molecule has 0 spiro atoms. The van der Waals surface area contributed by atoms with Crippen molar-refractivity contribution in [3.05, 3.63) is 197 Å². The number of carbonyl (C=O) groups excluding carboxylic acids is 1. The lowest BCUT2D eigenvalue weighted by molar-refractivity contribution is -0.538. The maximum Gasteiger partial charge on any atom is 0.412 e. The number of nitrogens with one attached hydrogen (secondary N) is 3. The number of para-hydroxylation sites is 3. The highest BCUT2D eigenvalue weighted by Gasteiger charge is 2.26. The number of carbonyl (C=O) groups is 3. The van der Waals surface area contributed by atoms with Crippen molar-refractivity contribution in [2.24, 2.45) is 5.73 Å². The third-order valence-corrected chi connectivity index (χ3v) is 16.8. The number of nitrogens with two attached hydrogens (primary N) is 4. The Labute approximate surface area is 586 Å². The van der Waals surface area contributed by atoms with Crippen molar-refractivity contribution in [2.75, 3.05) is 61.6 Å². The number of unbranched alkanes of at least 4 members (excludes halogenated alkanes) is 1. The van der Waals surface area contributed by atoms with Crippen molar-refractivity contribution in [1.82, 2.24) is 15.0 Å². The van der Waals surface area contributed by atoms with Crippen LogP contribution in [0, 0.1) is 41.5 Å². The van der Waals surface area contributed by atoms with Gasteiger partial charge in [-0.05, 0) is 143 Å². The van der Waals surface area contributed by atoms with Gasteiger partial charge in [0.25, 0.3) is 0 Å². The van der Waals surface area contributed by atoms with Crippen LogP contribution in [-0.2, 0) is 14.3 Å². The Hall–Kier alpha value is -9.59. The number of hydrogen-bond donors (Lipinski definition) is 9. The number of hydrogen-bond acceptors (Lipinski definition) is 13. The molecule has 0 saturated carbocycles. The SMILES string of the molecule is CCCCI.Cc1cc2nc3cc(C)c(NC(=O)OC(C)(C)C)cc3[n+](-c3ccccc3)c2cc1N.Cc1cc2nc3cc(C)c(NCC(=O)O)cc3[n+](-c3ccccc3)c2cc1N.Cc1cc2nc3cc(C)c(NCCN)cc3[n+](-c3ccccc3)c2cc1N.O=C(O)CI. The van der Waals surface area contributed by atoms with E-state index in [-0.39, 0.29) is 11.0 Å². The molecule has 0 fully saturated rings. The smallest absolute Gasteiger partial charge is 0.412 e. The molecule has 21 heteroatoms. The first-order valence-electron chi connectivity index (χ1n) is 31.4. The Balaban J connectivity index is 0.000000172. The second-order valence-electron chi connectivity index (χ2n) is 24.1. The number of benzene rings is 9. The van der Waals surface area contributed by atoms with Gasteiger partial charge in [-0.3, -0.25) is 14.9 Å². The molecule has 1 amide bonds. The number of amides is 1. The number of fused-ring (bicyclic) bond motifs is 6. The fourth-order valence-electron chi connectivity index (χ4n) is 10.5. The van der Waals surface area contributed by atoms with Gasteiger partial charge in [0.1, 0.15) is 45.2 Å². The molecule has 96 heavy (non-hydrogen) atoms. The first-order valence-corrected chi connectivity index (χ1v) is 34.5. The molecular formula is C75H84I2N13O6+3. The van der Waals surface area contributed by atoms with Gasteiger partial charge in [-0.2, -0.15) is 0 Å². The fourth-order valence-corrected chi connectivity index (χ4v) is 11.3. The molecule has 496 valence electrons. The van der Waals surface area contributed by atoms with Crippen LogP contribution in [0.15, 0.2) is 164 Å². The maximum atomic E-state index is 12.4. The van der Waals surface area contributed by atoms with Crippen LogP contribution in [0.1, 0.15) is 73.9 Å². The van der Waals surface area contributed by atoms with E-state index in [1.54, 1.807) is 22.6 Å². The Morgan fingerprint density at radius 1 is 0.479 bits per heavy atom. The first-order chi connectivity index (χ1) is 45.8. The number of rotatable bonds is 13. The number of aromatic nitrogens is 6. The Kier molecular flexibility index (Phi) is 24.6. The summed E-state index contributed by atoms with van der Waals surface area (Å²) < 4.78 is 13.4. The standard InChI is InChI=1S/C25H26N4O2.C22H23N5.C22H20N4O2.C4H9I.C2H3IO2/c1-15-11-20-22(13-18(15)26)29(17-9-7-6-8-10-17)23-14-19(16(2)12-21(23)27-20)28-24(30)31-25(3,4)5;1-14-10-19-21(12-17(14)24)27(16-6-4-3-5-7-16)22-13-18(25-9-8-23)15(2)11-20(22)26-19;1-13-8-18-20(10-16(13)23)26(15-6-4-3-5-7-15)21-11-17(24-12-22(27)28)14(2)9-19(21)25-18;1-2-3-4-5;3-1-2(4)5/h6-14H,1-5H3,(H2,26,28,30);3-7,10-13H,8-9,23H2,1-2H3,(H2,24,25);3-11H,12H2,1-2H3,(H3,23,24,27,28);2-4H2,1H3;1H2,(H,4,5)/p+3. The molecule has 12 rings (SSSR count). The molecular weight excluding hydrogens is 1430 g/mol. The van der Waals surface area contributed by atoms with E-state index in [2.05, 4.69) is 96.4 Å². The van der Waals surface area contributed by atoms with E-state index in [9.17, 15) is 14.4 Å². The van der Waals surface area contributed by atoms with Gasteiger partial charge in [-0.1, -0.05) is 113 Å². The van der Waals surface area contributed by atoms with E-state index in [0.717, 1.165) is 140 Å². The van der Waals surface area contributed by atoms with Gasteiger partial charge < -0.3 is 48.5 Å². The molecule has 3 heterocycles. The van der Waals surface area contributed by atoms with Crippen molar-refractivity contribution in [2.45, 2.75) is 87.7 Å². The zero-order valence-corrected chi connectivity index (χ0v) is 60.1. The lowest BCUT2D eigenvalue weighted by atomic mass is 10.1. The van der Waals surface area contributed by atoms with Gasteiger partial charge in [0.15, 0.2) is 0 Å². The van der Waals surface area contributed by atoms with Crippen molar-refractivity contribution in [1.29, 1.82) is 0 Å². The number of aliphatic carboxylic acids is 2. The minimum atomic E-state index is -0.907. The minimum Gasteiger partial charge on any atom is -0.481 e. The molecule has 12 aromatic rings. The summed E-state index contributed by atoms with van der Waals surface area (Å²) in [5.74, 6) is -1.67. The number of carboxylic acids is 2. The van der Waals surface area contributed by atoms with E-state index in [1.165, 1.54) is 17.3 Å². The number of ether oxygens (including phenoxy) is 1. The van der Waals surface area contributed by atoms with Crippen molar-refractivity contribution in [3.8, 4) is 17.1 Å². The van der Waals surface area contributed by atoms with Gasteiger partial charge in [-0.25, -0.2) is 19.7 Å². The fraction of sp³-hybridized carbons (Fsp3) is 0.240. The molecule has 9 aromatic carbocycles. The highest BCUT2D eigenvalue weighted by Crippen LogP contribution is 2.30. The summed E-state index contributed by atoms with van der Waals surface area (Å²) in [5, 5.41) is 26.0. The Morgan fingerprint density at radius 3 is 1.08 bits per heavy atom. The zero-order chi connectivity index (χ0) is 69.5. The van der Waals surface area contributed by atoms with E-state index < -0.39 is 23.6 Å². The second-order valence-corrected chi connectivity index (χ2v) is 25.9. The predicted molar refractivity (Wildman–Crippen MR) is 408 cm³/mol. The number of aryl methyl sites for hydroxylation is 6. The first kappa shape index (κ1) is 72.2. The molecule has 19 nitrogen and oxygen atoms in total. The maximum absolute atomic E-state index is 12.4. The largest absolute Gasteiger partial charge is 0.481 e. The summed E-state index contributed by atoms with van der Waals surface area (Å²) in [6, 6.07) is 54.4. The monoisotopic (exact) mass is 1520 g/mol. The third-order valence-electron chi connectivity index (χ3n) is 15.4. The molecule has 0 unspecified atom stereocenters. The molecule has 0 saturated heterocycles. The van der Waals surface area contributed by atoms with E-state index in [0.29, 0.717) is 23.6 Å². The number of carboxylic acid groups (broad SMARTS) is 2. The van der Waals surface area contributed by atoms with Gasteiger partial charge in [0.05, 0.1) is 10.1 Å². The summed E-state index contributed by atoms with van der Waals surface area (Å²) in [6.45, 7) is 20.8. The Bertz CT molecular complexity index is 4810. The normalized spacial score (nSPS) is 11.0. The third kappa shape index (κ3) is 18.0. The molecule has 0 radical (unpaired) electrons. The molecule has 0 atom stereocenters. The summed E-state index contributed by atoms with van der Waals surface area (Å²) in [5.41, 5.74) is 48.3. The van der Waals surface area contributed by atoms with Crippen LogP contribution in [0.3, 0.4) is 0 Å². The average molecular weight is 1520 g/mol. The number of anilines is 6. The molecule has 3 aromatic heterocycles. The molecule has 0 aliphatic carbocycles. The van der Waals surface area contributed by atoms with Gasteiger partial charge in [0, 0.05) is 114 Å². The summed E-state index contributed by atoms with van der Waals surface area (Å²) in [6.07, 6.45) is 2.22. The van der Waals surface area contributed by atoms with Crippen molar-refractivity contribution in [3.63, 3.8) is 0 Å². The number of nitrogen functional groups attached to an aromatic ring is 3. The molecule has 0 bridgehead atoms. The van der Waals surface area contributed by atoms with Gasteiger partial charge in [0.2, 0.25) is 50.2 Å². The van der Waals surface area contributed by atoms with Crippen LogP contribution >= 0.6 is 45.2 Å². The Morgan fingerprint density at radius 2 is 0.792 bits per heavy atom. The number of halogens is 2. The summed E-state index contributed by atoms with van der Waals surface area (Å²) >= 11 is 4.17. The topological polar surface area (TPSA) is 291 Å². The molecule has 0 aliphatic rings. The van der Waals surface area contributed by atoms with E-state index >= 15 is 0 Å². The van der Waals surface area contributed by atoms with Gasteiger partial charge >= 0.3 is 18.0 Å². The highest BCUT2D eigenvalue weighted by molar-refractivity contribution is 14.1. The lowest BCUT2D eigenvalue weighted by Crippen LogP contribution is -2.33. The van der Waals surface area contributed by atoms with Crippen LogP contribution in [0.4, 0.5) is 38.9 Å². The van der Waals surface area contributed by atoms with E-state index in [1.807, 2.05) is 189 Å². The molecule has 0 aliphatic heterocycles. The second kappa shape index (κ2) is 32.7. The number of nitrogens with zero attached hydrogens (tertiary/aromatic N) is 6. The van der Waals surface area contributed by atoms with Crippen LogP contribution in [0.5, 0.6) is 0 Å². The molecule has 13 N–H and O–H groups in total. The average Bonchev–Trinajstić information content (AvgIpc) is 0.765. The minimum absolute atomic E-state index is 0.148.